The molecule has 1 aromatic rings. The van der Waals surface area contributed by atoms with Gasteiger partial charge in [-0.3, -0.25) is 14.7 Å². The smallest absolute Gasteiger partial charge is 0.302 e. The van der Waals surface area contributed by atoms with Crippen LogP contribution in [0.4, 0.5) is 5.69 Å². The molecule has 0 radical (unpaired) electrons. The van der Waals surface area contributed by atoms with E-state index in [9.17, 15) is 9.90 Å². The van der Waals surface area contributed by atoms with Crippen LogP contribution < -0.4 is 0 Å². The van der Waals surface area contributed by atoms with Gasteiger partial charge in [-0.15, -0.1) is 0 Å². The molecule has 0 aromatic heterocycles. The van der Waals surface area contributed by atoms with E-state index >= 15 is 0 Å². The summed E-state index contributed by atoms with van der Waals surface area (Å²) < 4.78 is 6.04. The Hall–Kier alpha value is -1.98. The zero-order valence-electron chi connectivity index (χ0n) is 14.9. The minimum Gasteiger partial charge on any atom is -0.461 e. The molecule has 5 heterocycles. The predicted octanol–water partition coefficient (Wildman–Crippen LogP) is 2.31. The third-order valence-electron chi connectivity index (χ3n) is 7.53. The quantitative estimate of drug-likeness (QED) is 0.624. The molecule has 1 aromatic carbocycles. The Bertz CT molecular complexity index is 906. The Kier molecular flexibility index (Phi) is 2.70. The van der Waals surface area contributed by atoms with E-state index in [4.69, 9.17) is 9.73 Å². The van der Waals surface area contributed by atoms with Gasteiger partial charge in [-0.05, 0) is 42.9 Å². The minimum absolute atomic E-state index is 0.140. The normalized spacial score (nSPS) is 47.7. The zero-order valence-corrected chi connectivity index (χ0v) is 14.9. The molecule has 5 bridgehead atoms. The largest absolute Gasteiger partial charge is 0.461 e. The molecule has 1 saturated carbocycles. The standard InChI is InChI=1S/C21H22N2O3/c1-3-11-12-8-15-18-21(13-6-4-5-7-14(13)22-18)9-16(23(15)20(11)25)17(12)19(21)26-10(2)24/h3-7,12,15-17,19-20,25H,8-9H2,1-2H3/b11-3+/t12-,15+,16+,17?,19?,20-,21?/m1/s1. The van der Waals surface area contributed by atoms with Gasteiger partial charge in [0.15, 0.2) is 0 Å². The average molecular weight is 350 g/mol. The summed E-state index contributed by atoms with van der Waals surface area (Å²) in [5, 5.41) is 11.0. The van der Waals surface area contributed by atoms with Crippen LogP contribution in [0.25, 0.3) is 0 Å². The molecule has 1 aliphatic carbocycles. The fourth-order valence-electron chi connectivity index (χ4n) is 6.90. The number of aliphatic hydroxyl groups excluding tert-OH is 1. The Balaban J connectivity index is 1.62. The highest BCUT2D eigenvalue weighted by atomic mass is 16.5. The molecule has 5 fully saturated rings. The number of esters is 1. The van der Waals surface area contributed by atoms with E-state index < -0.39 is 6.23 Å². The number of benzene rings is 1. The molecule has 4 saturated heterocycles. The van der Waals surface area contributed by atoms with Crippen molar-refractivity contribution in [2.24, 2.45) is 16.8 Å². The first-order valence-corrected chi connectivity index (χ1v) is 9.55. The third-order valence-corrected chi connectivity index (χ3v) is 7.53. The number of piperidine rings is 4. The van der Waals surface area contributed by atoms with Crippen molar-refractivity contribution in [1.82, 2.24) is 4.90 Å². The number of hydrogen-bond donors (Lipinski definition) is 1. The summed E-state index contributed by atoms with van der Waals surface area (Å²) in [4.78, 5) is 19.3. The maximum absolute atomic E-state index is 12.0. The number of hydrogen-bond acceptors (Lipinski definition) is 5. The average Bonchev–Trinajstić information content (AvgIpc) is 3.08. The minimum atomic E-state index is -0.537. The summed E-state index contributed by atoms with van der Waals surface area (Å²) in [5.74, 6) is 0.264. The highest BCUT2D eigenvalue weighted by Crippen LogP contribution is 2.67. The second kappa shape index (κ2) is 4.65. The third kappa shape index (κ3) is 1.45. The number of nitrogens with zero attached hydrogens (tertiary/aromatic N) is 2. The highest BCUT2D eigenvalue weighted by molar-refractivity contribution is 6.08. The van der Waals surface area contributed by atoms with Crippen molar-refractivity contribution in [3.63, 3.8) is 0 Å². The molecule has 5 heteroatoms. The number of allylic oxidation sites excluding steroid dienone is 1. The van der Waals surface area contributed by atoms with Crippen LogP contribution in [-0.4, -0.2) is 46.1 Å². The van der Waals surface area contributed by atoms with Crippen molar-refractivity contribution in [1.29, 1.82) is 0 Å². The molecule has 7 rings (SSSR count). The second-order valence-corrected chi connectivity index (χ2v) is 8.33. The van der Waals surface area contributed by atoms with Crippen molar-refractivity contribution >= 4 is 17.4 Å². The lowest BCUT2D eigenvalue weighted by atomic mass is 9.66. The molecule has 1 N–H and O–H groups in total. The molecular formula is C21H22N2O3. The van der Waals surface area contributed by atoms with E-state index in [1.807, 2.05) is 13.0 Å². The fourth-order valence-corrected chi connectivity index (χ4v) is 6.90. The molecule has 0 amide bonds. The molecule has 5 aliphatic heterocycles. The number of carbonyl (C=O) groups is 1. The highest BCUT2D eigenvalue weighted by Gasteiger charge is 2.74. The number of ether oxygens (including phenoxy) is 1. The van der Waals surface area contributed by atoms with Gasteiger partial charge in [0.05, 0.1) is 22.9 Å². The van der Waals surface area contributed by atoms with E-state index in [0.29, 0.717) is 0 Å². The van der Waals surface area contributed by atoms with Crippen LogP contribution in [0.3, 0.4) is 0 Å². The number of carbonyl (C=O) groups excluding carboxylic acids is 1. The molecular weight excluding hydrogens is 328 g/mol. The van der Waals surface area contributed by atoms with E-state index in [1.165, 1.54) is 12.5 Å². The first-order valence-electron chi connectivity index (χ1n) is 9.55. The summed E-state index contributed by atoms with van der Waals surface area (Å²) in [6.45, 7) is 3.51. The molecule has 26 heavy (non-hydrogen) atoms. The lowest BCUT2D eigenvalue weighted by Crippen LogP contribution is -2.68. The van der Waals surface area contributed by atoms with Crippen LogP contribution >= 0.6 is 0 Å². The van der Waals surface area contributed by atoms with Crippen molar-refractivity contribution in [3.05, 3.63) is 41.5 Å². The van der Waals surface area contributed by atoms with Gasteiger partial charge in [0, 0.05) is 18.9 Å². The van der Waals surface area contributed by atoms with Crippen LogP contribution in [0.5, 0.6) is 0 Å². The van der Waals surface area contributed by atoms with Crippen molar-refractivity contribution in [2.45, 2.75) is 56.5 Å². The number of rotatable bonds is 1. The number of aliphatic hydroxyl groups is 1. The lowest BCUT2D eigenvalue weighted by Gasteiger charge is -2.58. The van der Waals surface area contributed by atoms with Gasteiger partial charge in [0.1, 0.15) is 12.3 Å². The predicted molar refractivity (Wildman–Crippen MR) is 96.2 cm³/mol. The first-order chi connectivity index (χ1) is 12.6. The van der Waals surface area contributed by atoms with E-state index in [1.54, 1.807) is 0 Å². The van der Waals surface area contributed by atoms with Crippen LogP contribution in [0.15, 0.2) is 40.9 Å². The van der Waals surface area contributed by atoms with Gasteiger partial charge in [-0.1, -0.05) is 24.3 Å². The SMILES string of the molecule is C/C=C1\[C@H]2C[C@H]3C4=Nc5ccccc5C45C[C@@H](C2C5OC(C)=O)N3[C@@H]1O. The molecule has 1 spiro atoms. The van der Waals surface area contributed by atoms with E-state index in [-0.39, 0.29) is 41.4 Å². The van der Waals surface area contributed by atoms with Gasteiger partial charge in [0.25, 0.3) is 0 Å². The second-order valence-electron chi connectivity index (χ2n) is 8.33. The van der Waals surface area contributed by atoms with Gasteiger partial charge in [-0.25, -0.2) is 0 Å². The lowest BCUT2D eigenvalue weighted by molar-refractivity contribution is -0.156. The van der Waals surface area contributed by atoms with Crippen LogP contribution in [-0.2, 0) is 14.9 Å². The number of fused-ring (bicyclic) bond motifs is 2. The van der Waals surface area contributed by atoms with Crippen molar-refractivity contribution in [2.75, 3.05) is 0 Å². The summed E-state index contributed by atoms with van der Waals surface area (Å²) in [7, 11) is 0. The summed E-state index contributed by atoms with van der Waals surface area (Å²) in [5.41, 5.74) is 4.10. The van der Waals surface area contributed by atoms with Crippen LogP contribution in [0, 0.1) is 11.8 Å². The molecule has 5 nitrogen and oxygen atoms in total. The van der Waals surface area contributed by atoms with E-state index in [2.05, 4.69) is 29.2 Å². The zero-order chi connectivity index (χ0) is 17.8. The fraction of sp³-hybridized carbons (Fsp3) is 0.524. The number of aliphatic imine (C=N–C) groups is 1. The molecule has 6 aliphatic rings. The summed E-state index contributed by atoms with van der Waals surface area (Å²) >= 11 is 0. The maximum Gasteiger partial charge on any atom is 0.302 e. The molecule has 134 valence electrons. The van der Waals surface area contributed by atoms with Gasteiger partial charge < -0.3 is 9.84 Å². The van der Waals surface area contributed by atoms with Crippen LogP contribution in [0.1, 0.15) is 32.3 Å². The molecule has 8 atom stereocenters. The Morgan fingerprint density at radius 3 is 3.00 bits per heavy atom. The Morgan fingerprint density at radius 1 is 1.42 bits per heavy atom. The van der Waals surface area contributed by atoms with Gasteiger partial charge in [0.2, 0.25) is 0 Å². The van der Waals surface area contributed by atoms with Gasteiger partial charge in [-0.2, -0.15) is 0 Å². The Morgan fingerprint density at radius 2 is 2.23 bits per heavy atom. The summed E-state index contributed by atoms with van der Waals surface area (Å²) in [6.07, 6.45) is 3.17. The van der Waals surface area contributed by atoms with Crippen molar-refractivity contribution in [3.8, 4) is 0 Å². The first kappa shape index (κ1) is 15.1. The topological polar surface area (TPSA) is 62.1 Å². The van der Waals surface area contributed by atoms with Gasteiger partial charge >= 0.3 is 5.97 Å². The maximum atomic E-state index is 12.0. The Labute approximate surface area is 152 Å². The van der Waals surface area contributed by atoms with E-state index in [0.717, 1.165) is 29.8 Å². The van der Waals surface area contributed by atoms with Crippen molar-refractivity contribution < 1.29 is 14.6 Å². The molecule has 4 unspecified atom stereocenters. The monoisotopic (exact) mass is 350 g/mol. The number of para-hydroxylation sites is 1. The summed E-state index contributed by atoms with van der Waals surface area (Å²) in [6, 6.07) is 8.67. The van der Waals surface area contributed by atoms with Crippen LogP contribution in [0.2, 0.25) is 0 Å².